The van der Waals surface area contributed by atoms with Gasteiger partial charge in [0.25, 0.3) is 11.7 Å². The van der Waals surface area contributed by atoms with Crippen molar-refractivity contribution in [3.63, 3.8) is 0 Å². The Morgan fingerprint density at radius 3 is 2.67 bits per heavy atom. The molecule has 82 valence electrons. The summed E-state index contributed by atoms with van der Waals surface area (Å²) in [5, 5.41) is -0.878. The van der Waals surface area contributed by atoms with Gasteiger partial charge in [-0.3, -0.25) is 4.79 Å². The second kappa shape index (κ2) is 4.85. The summed E-state index contributed by atoms with van der Waals surface area (Å²) in [6, 6.07) is 1.22. The van der Waals surface area contributed by atoms with Crippen molar-refractivity contribution in [3.05, 3.63) is 21.9 Å². The van der Waals surface area contributed by atoms with Crippen molar-refractivity contribution in [2.45, 2.75) is 6.43 Å². The van der Waals surface area contributed by atoms with Gasteiger partial charge in [0, 0.05) is 0 Å². The van der Waals surface area contributed by atoms with E-state index >= 15 is 0 Å². The monoisotopic (exact) mass is 299 g/mol. The van der Waals surface area contributed by atoms with Gasteiger partial charge in [-0.25, -0.2) is 13.8 Å². The second-order valence-corrected chi connectivity index (χ2v) is 3.64. The van der Waals surface area contributed by atoms with Crippen molar-refractivity contribution in [3.8, 4) is 5.75 Å². The van der Waals surface area contributed by atoms with Crippen LogP contribution in [0.5, 0.6) is 5.75 Å². The lowest BCUT2D eigenvalue weighted by Gasteiger charge is -2.10. The van der Waals surface area contributed by atoms with Gasteiger partial charge in [0.15, 0.2) is 11.4 Å². The van der Waals surface area contributed by atoms with Gasteiger partial charge in [0.1, 0.15) is 4.60 Å². The lowest BCUT2D eigenvalue weighted by Crippen LogP contribution is -2.03. The number of hydrogen-bond donors (Lipinski definition) is 0. The molecule has 0 radical (unpaired) electrons. The summed E-state index contributed by atoms with van der Waals surface area (Å²) in [6.07, 6.45) is -2.84. The largest absolute Gasteiger partial charge is 0.494 e. The smallest absolute Gasteiger partial charge is 0.284 e. The number of hydrogen-bond acceptors (Lipinski definition) is 3. The third kappa shape index (κ3) is 2.63. The molecule has 0 bridgehead atoms. The maximum absolute atomic E-state index is 12.5. The Kier molecular flexibility index (Phi) is 3.98. The zero-order valence-electron chi connectivity index (χ0n) is 7.43. The average molecular weight is 300 g/mol. The Morgan fingerprint density at radius 2 is 2.27 bits per heavy atom. The van der Waals surface area contributed by atoms with Crippen molar-refractivity contribution >= 4 is 32.8 Å². The number of alkyl halides is 2. The van der Waals surface area contributed by atoms with Crippen LogP contribution < -0.4 is 4.74 Å². The first-order chi connectivity index (χ1) is 6.97. The first-order valence-corrected chi connectivity index (χ1v) is 4.87. The average Bonchev–Trinajstić information content (AvgIpc) is 2.16. The lowest BCUT2D eigenvalue weighted by molar-refractivity contribution is 0.107. The van der Waals surface area contributed by atoms with Crippen LogP contribution in [0, 0.1) is 0 Å². The topological polar surface area (TPSA) is 39.2 Å². The number of methoxy groups -OCH3 is 1. The van der Waals surface area contributed by atoms with Crippen LogP contribution >= 0.6 is 27.5 Å². The van der Waals surface area contributed by atoms with E-state index in [9.17, 15) is 13.6 Å². The third-order valence-corrected chi connectivity index (χ3v) is 2.20. The SMILES string of the molecule is COc1c(C(=O)Cl)cc(Br)nc1C(F)F. The fraction of sp³-hybridized carbons (Fsp3) is 0.250. The fourth-order valence-corrected chi connectivity index (χ4v) is 1.59. The Morgan fingerprint density at radius 1 is 1.67 bits per heavy atom. The molecule has 0 aliphatic heterocycles. The van der Waals surface area contributed by atoms with E-state index in [1.807, 2.05) is 0 Å². The second-order valence-electron chi connectivity index (χ2n) is 2.49. The van der Waals surface area contributed by atoms with E-state index < -0.39 is 17.4 Å². The van der Waals surface area contributed by atoms with E-state index in [1.54, 1.807) is 0 Å². The zero-order valence-corrected chi connectivity index (χ0v) is 9.77. The third-order valence-electron chi connectivity index (χ3n) is 1.59. The number of nitrogens with zero attached hydrogens (tertiary/aromatic N) is 1. The van der Waals surface area contributed by atoms with Gasteiger partial charge >= 0.3 is 0 Å². The van der Waals surface area contributed by atoms with Crippen LogP contribution in [0.15, 0.2) is 10.7 Å². The molecule has 0 amide bonds. The molecule has 0 spiro atoms. The molecular weight excluding hydrogens is 295 g/mol. The number of pyridine rings is 1. The highest BCUT2D eigenvalue weighted by molar-refractivity contribution is 9.10. The Labute approximate surface area is 97.5 Å². The Bertz CT molecular complexity index is 400. The number of carbonyl (C=O) groups excluding carboxylic acids is 1. The number of rotatable bonds is 3. The number of ether oxygens (including phenoxy) is 1. The van der Waals surface area contributed by atoms with Gasteiger partial charge in [-0.15, -0.1) is 0 Å². The number of halogens is 4. The maximum Gasteiger partial charge on any atom is 0.284 e. The summed E-state index contributed by atoms with van der Waals surface area (Å²) >= 11 is 8.13. The maximum atomic E-state index is 12.5. The summed E-state index contributed by atoms with van der Waals surface area (Å²) in [4.78, 5) is 14.5. The highest BCUT2D eigenvalue weighted by atomic mass is 79.9. The van der Waals surface area contributed by atoms with E-state index in [0.29, 0.717) is 0 Å². The van der Waals surface area contributed by atoms with Crippen LogP contribution in [-0.2, 0) is 0 Å². The minimum absolute atomic E-state index is 0.0996. The molecule has 0 saturated carbocycles. The molecule has 0 saturated heterocycles. The number of carbonyl (C=O) groups is 1. The molecule has 0 aliphatic rings. The molecule has 0 aliphatic carbocycles. The van der Waals surface area contributed by atoms with E-state index in [4.69, 9.17) is 11.6 Å². The quantitative estimate of drug-likeness (QED) is 0.636. The molecule has 1 heterocycles. The fourth-order valence-electron chi connectivity index (χ4n) is 1.03. The molecular formula is C8H5BrClF2NO2. The van der Waals surface area contributed by atoms with Crippen LogP contribution in [-0.4, -0.2) is 17.3 Å². The van der Waals surface area contributed by atoms with Gasteiger partial charge in [0.05, 0.1) is 12.7 Å². The predicted molar refractivity (Wildman–Crippen MR) is 53.6 cm³/mol. The number of aromatic nitrogens is 1. The van der Waals surface area contributed by atoms with Gasteiger partial charge in [-0.05, 0) is 33.6 Å². The van der Waals surface area contributed by atoms with Gasteiger partial charge < -0.3 is 4.74 Å². The zero-order chi connectivity index (χ0) is 11.6. The van der Waals surface area contributed by atoms with Crippen molar-refractivity contribution in [1.29, 1.82) is 0 Å². The lowest BCUT2D eigenvalue weighted by atomic mass is 10.2. The molecule has 0 aromatic carbocycles. The molecule has 0 N–H and O–H groups in total. The molecule has 0 fully saturated rings. The van der Waals surface area contributed by atoms with Crippen LogP contribution in [0.3, 0.4) is 0 Å². The summed E-state index contributed by atoms with van der Waals surface area (Å²) in [7, 11) is 1.17. The van der Waals surface area contributed by atoms with Crippen molar-refractivity contribution in [2.75, 3.05) is 7.11 Å². The van der Waals surface area contributed by atoms with Crippen LogP contribution in [0.4, 0.5) is 8.78 Å². The first-order valence-electron chi connectivity index (χ1n) is 3.69. The molecule has 1 rings (SSSR count). The summed E-state index contributed by atoms with van der Waals surface area (Å²) < 4.78 is 29.8. The highest BCUT2D eigenvalue weighted by Crippen LogP contribution is 2.33. The molecule has 7 heteroatoms. The molecule has 1 aromatic heterocycles. The van der Waals surface area contributed by atoms with E-state index in [0.717, 1.165) is 0 Å². The van der Waals surface area contributed by atoms with E-state index in [2.05, 4.69) is 25.7 Å². The predicted octanol–water partition coefficient (Wildman–Crippen LogP) is 3.17. The molecule has 15 heavy (non-hydrogen) atoms. The molecule has 3 nitrogen and oxygen atoms in total. The van der Waals surface area contributed by atoms with Crippen LogP contribution in [0.1, 0.15) is 22.5 Å². The summed E-state index contributed by atoms with van der Waals surface area (Å²) in [5.41, 5.74) is -0.757. The van der Waals surface area contributed by atoms with E-state index in [-0.39, 0.29) is 15.9 Å². The molecule has 0 unspecified atom stereocenters. The van der Waals surface area contributed by atoms with E-state index in [1.165, 1.54) is 13.2 Å². The van der Waals surface area contributed by atoms with Crippen molar-refractivity contribution < 1.29 is 18.3 Å². The minimum atomic E-state index is -2.84. The standard InChI is InChI=1S/C8H5BrClF2NO2/c1-15-6-3(7(10)14)2-4(9)13-5(6)8(11)12/h2,8H,1H3. The van der Waals surface area contributed by atoms with Crippen molar-refractivity contribution in [1.82, 2.24) is 4.98 Å². The molecule has 1 aromatic rings. The van der Waals surface area contributed by atoms with Gasteiger partial charge in [-0.2, -0.15) is 0 Å². The van der Waals surface area contributed by atoms with Crippen LogP contribution in [0.25, 0.3) is 0 Å². The Hall–Kier alpha value is -0.750. The van der Waals surface area contributed by atoms with Crippen LogP contribution in [0.2, 0.25) is 0 Å². The van der Waals surface area contributed by atoms with Gasteiger partial charge in [0.2, 0.25) is 0 Å². The van der Waals surface area contributed by atoms with Gasteiger partial charge in [-0.1, -0.05) is 0 Å². The van der Waals surface area contributed by atoms with Crippen molar-refractivity contribution in [2.24, 2.45) is 0 Å². The molecule has 0 atom stereocenters. The summed E-state index contributed by atoms with van der Waals surface area (Å²) in [6.45, 7) is 0. The normalized spacial score (nSPS) is 10.5. The Balaban J connectivity index is 3.45. The summed E-state index contributed by atoms with van der Waals surface area (Å²) in [5.74, 6) is -0.298. The highest BCUT2D eigenvalue weighted by Gasteiger charge is 2.22. The minimum Gasteiger partial charge on any atom is -0.494 e. The first kappa shape index (κ1) is 12.3.